The van der Waals surface area contributed by atoms with Gasteiger partial charge in [-0.15, -0.1) is 0 Å². The van der Waals surface area contributed by atoms with E-state index in [9.17, 15) is 39.8 Å². The van der Waals surface area contributed by atoms with E-state index in [1.165, 1.54) is 30.3 Å². The van der Waals surface area contributed by atoms with E-state index in [1.54, 1.807) is 30.3 Å². The van der Waals surface area contributed by atoms with E-state index in [-0.39, 0.29) is 28.1 Å². The summed E-state index contributed by atoms with van der Waals surface area (Å²) in [5, 5.41) is 41.3. The maximum Gasteiger partial charge on any atom is 0.339 e. The first-order valence-electron chi connectivity index (χ1n) is 9.87. The average Bonchev–Trinajstić information content (AvgIpc) is 3.10. The van der Waals surface area contributed by atoms with Gasteiger partial charge in [-0.1, -0.05) is 30.3 Å². The van der Waals surface area contributed by atoms with E-state index in [4.69, 9.17) is 0 Å². The van der Waals surface area contributed by atoms with Crippen LogP contribution < -0.4 is 4.90 Å². The van der Waals surface area contributed by atoms with Crippen LogP contribution in [0, 0.1) is 10.1 Å². The number of carboxylic acid groups (broad SMARTS) is 1. The molecular weight excluding hydrogens is 444 g/mol. The second-order valence-corrected chi connectivity index (χ2v) is 7.39. The van der Waals surface area contributed by atoms with Gasteiger partial charge in [0.05, 0.1) is 16.5 Å². The third kappa shape index (κ3) is 3.73. The Morgan fingerprint density at radius 2 is 1.59 bits per heavy atom. The number of amides is 1. The van der Waals surface area contributed by atoms with Gasteiger partial charge < -0.3 is 15.3 Å². The number of non-ortho nitro benzene ring substituents is 1. The minimum atomic E-state index is -1.45. The fourth-order valence-corrected chi connectivity index (χ4v) is 3.79. The number of hydrogen-bond acceptors (Lipinski definition) is 7. The Labute approximate surface area is 191 Å². The van der Waals surface area contributed by atoms with Gasteiger partial charge in [0, 0.05) is 23.4 Å². The van der Waals surface area contributed by atoms with Crippen LogP contribution in [0.5, 0.6) is 5.75 Å². The molecule has 0 bridgehead atoms. The Morgan fingerprint density at radius 1 is 0.941 bits per heavy atom. The molecule has 4 rings (SSSR count). The number of phenols is 1. The van der Waals surface area contributed by atoms with Crippen molar-refractivity contribution in [3.05, 3.63) is 105 Å². The van der Waals surface area contributed by atoms with E-state index >= 15 is 0 Å². The number of anilines is 1. The van der Waals surface area contributed by atoms with Crippen molar-refractivity contribution in [2.75, 3.05) is 4.90 Å². The second-order valence-electron chi connectivity index (χ2n) is 7.39. The minimum absolute atomic E-state index is 0.0206. The van der Waals surface area contributed by atoms with Crippen molar-refractivity contribution in [1.82, 2.24) is 0 Å². The molecule has 0 unspecified atom stereocenters. The number of hydrogen-bond donors (Lipinski definition) is 3. The van der Waals surface area contributed by atoms with E-state index in [0.717, 1.165) is 17.0 Å². The Kier molecular flexibility index (Phi) is 5.56. The molecule has 1 atom stereocenters. The largest absolute Gasteiger partial charge is 0.507 e. The monoisotopic (exact) mass is 460 g/mol. The van der Waals surface area contributed by atoms with Gasteiger partial charge in [0.15, 0.2) is 0 Å². The maximum atomic E-state index is 13.1. The number of aliphatic hydroxyl groups excluding tert-OH is 1. The molecule has 10 heteroatoms. The minimum Gasteiger partial charge on any atom is -0.507 e. The lowest BCUT2D eigenvalue weighted by Gasteiger charge is -2.25. The number of aliphatic hydroxyl groups is 1. The molecule has 0 saturated carbocycles. The lowest BCUT2D eigenvalue weighted by atomic mass is 9.95. The Hall–Kier alpha value is -4.99. The fraction of sp³-hybridized carbons (Fsp3) is 0.0417. The van der Waals surface area contributed by atoms with E-state index < -0.39 is 45.7 Å². The highest BCUT2D eigenvalue weighted by Gasteiger charge is 2.47. The molecule has 1 aliphatic rings. The Balaban J connectivity index is 1.96. The topological polar surface area (TPSA) is 158 Å². The van der Waals surface area contributed by atoms with Crippen LogP contribution in [0.2, 0.25) is 0 Å². The van der Waals surface area contributed by atoms with Crippen molar-refractivity contribution in [2.45, 2.75) is 6.04 Å². The zero-order valence-corrected chi connectivity index (χ0v) is 17.3. The second kappa shape index (κ2) is 8.51. The molecule has 1 amide bonds. The van der Waals surface area contributed by atoms with Crippen molar-refractivity contribution in [2.24, 2.45) is 0 Å². The predicted octanol–water partition coefficient (Wildman–Crippen LogP) is 3.62. The number of nitrogens with zero attached hydrogens (tertiary/aromatic N) is 2. The molecule has 3 aromatic rings. The van der Waals surface area contributed by atoms with Crippen molar-refractivity contribution < 1.29 is 34.6 Å². The van der Waals surface area contributed by atoms with Crippen LogP contribution in [0.4, 0.5) is 11.4 Å². The van der Waals surface area contributed by atoms with Gasteiger partial charge in [-0.2, -0.15) is 0 Å². The first kappa shape index (κ1) is 22.2. The van der Waals surface area contributed by atoms with Gasteiger partial charge in [0.2, 0.25) is 0 Å². The number of Topliss-reactive ketones (excluding diaryl/α,β-unsaturated/α-hetero) is 1. The van der Waals surface area contributed by atoms with Crippen LogP contribution >= 0.6 is 0 Å². The number of nitro groups is 1. The Bertz CT molecular complexity index is 1360. The van der Waals surface area contributed by atoms with Crippen LogP contribution in [0.3, 0.4) is 0 Å². The summed E-state index contributed by atoms with van der Waals surface area (Å²) in [6, 6.07) is 15.3. The predicted molar refractivity (Wildman–Crippen MR) is 119 cm³/mol. The first-order chi connectivity index (χ1) is 16.2. The van der Waals surface area contributed by atoms with E-state index in [1.807, 2.05) is 0 Å². The molecule has 1 heterocycles. The summed E-state index contributed by atoms with van der Waals surface area (Å²) in [5.74, 6) is -4.50. The highest BCUT2D eigenvalue weighted by atomic mass is 16.6. The molecule has 0 radical (unpaired) electrons. The van der Waals surface area contributed by atoms with Crippen molar-refractivity contribution in [1.29, 1.82) is 0 Å². The van der Waals surface area contributed by atoms with Crippen molar-refractivity contribution in [3.8, 4) is 5.75 Å². The molecule has 0 spiro atoms. The summed E-state index contributed by atoms with van der Waals surface area (Å²) in [6.45, 7) is 0. The molecule has 1 aliphatic heterocycles. The number of benzene rings is 3. The molecule has 3 aromatic carbocycles. The normalized spacial score (nSPS) is 17.1. The maximum absolute atomic E-state index is 13.1. The zero-order valence-electron chi connectivity index (χ0n) is 17.3. The van der Waals surface area contributed by atoms with Crippen molar-refractivity contribution in [3.63, 3.8) is 0 Å². The first-order valence-corrected chi connectivity index (χ1v) is 9.87. The quantitative estimate of drug-likeness (QED) is 0.171. The molecule has 1 saturated heterocycles. The number of nitro benzene ring substituents is 1. The summed E-state index contributed by atoms with van der Waals surface area (Å²) < 4.78 is 0. The summed E-state index contributed by atoms with van der Waals surface area (Å²) in [5.41, 5.74) is -0.467. The SMILES string of the molecule is O=C1C(=O)N(c2ccc(O)c(C(=O)O)c2)[C@H](c2ccc([N+](=O)[O-])cc2)C1=C(O)c1ccccc1. The number of ketones is 1. The molecule has 10 nitrogen and oxygen atoms in total. The number of rotatable bonds is 5. The van der Waals surface area contributed by atoms with Gasteiger partial charge in [0.1, 0.15) is 17.1 Å². The molecule has 34 heavy (non-hydrogen) atoms. The van der Waals surface area contributed by atoms with Crippen LogP contribution in [-0.2, 0) is 9.59 Å². The summed E-state index contributed by atoms with van der Waals surface area (Å²) in [4.78, 5) is 49.1. The molecule has 3 N–H and O–H groups in total. The highest BCUT2D eigenvalue weighted by Crippen LogP contribution is 2.43. The molecule has 1 fully saturated rings. The van der Waals surface area contributed by atoms with Gasteiger partial charge in [0.25, 0.3) is 17.4 Å². The number of carbonyl (C=O) groups excluding carboxylic acids is 2. The third-order valence-electron chi connectivity index (χ3n) is 5.40. The fourth-order valence-electron chi connectivity index (χ4n) is 3.79. The van der Waals surface area contributed by atoms with Gasteiger partial charge >= 0.3 is 5.97 Å². The lowest BCUT2D eigenvalue weighted by molar-refractivity contribution is -0.384. The van der Waals surface area contributed by atoms with E-state index in [2.05, 4.69) is 0 Å². The summed E-state index contributed by atoms with van der Waals surface area (Å²) >= 11 is 0. The van der Waals surface area contributed by atoms with Crippen LogP contribution in [0.25, 0.3) is 5.76 Å². The average molecular weight is 460 g/mol. The van der Waals surface area contributed by atoms with Gasteiger partial charge in [-0.3, -0.25) is 24.6 Å². The van der Waals surface area contributed by atoms with Gasteiger partial charge in [-0.25, -0.2) is 4.79 Å². The standard InChI is InChI=1S/C24H16N2O8/c27-18-11-10-16(12-17(18)24(31)32)25-20(13-6-8-15(9-7-13)26(33)34)19(22(29)23(25)30)21(28)14-4-2-1-3-5-14/h1-12,20,27-28H,(H,31,32)/t20-/m1/s1. The summed E-state index contributed by atoms with van der Waals surface area (Å²) in [6.07, 6.45) is 0. The molecule has 170 valence electrons. The number of aromatic carboxylic acids is 1. The molecule has 0 aromatic heterocycles. The molecular formula is C24H16N2O8. The number of aromatic hydroxyl groups is 1. The number of carbonyl (C=O) groups is 3. The zero-order chi connectivity index (χ0) is 24.6. The number of carboxylic acids is 1. The van der Waals surface area contributed by atoms with Crippen molar-refractivity contribution >= 4 is 34.8 Å². The molecule has 0 aliphatic carbocycles. The van der Waals surface area contributed by atoms with Gasteiger partial charge in [-0.05, 0) is 35.9 Å². The van der Waals surface area contributed by atoms with Crippen LogP contribution in [0.1, 0.15) is 27.5 Å². The van der Waals surface area contributed by atoms with Crippen LogP contribution in [0.15, 0.2) is 78.4 Å². The Morgan fingerprint density at radius 3 is 2.18 bits per heavy atom. The van der Waals surface area contributed by atoms with Crippen LogP contribution in [-0.4, -0.2) is 37.9 Å². The summed E-state index contributed by atoms with van der Waals surface area (Å²) in [7, 11) is 0. The third-order valence-corrected chi connectivity index (χ3v) is 5.40. The lowest BCUT2D eigenvalue weighted by Crippen LogP contribution is -2.29. The van der Waals surface area contributed by atoms with E-state index in [0.29, 0.717) is 0 Å². The highest BCUT2D eigenvalue weighted by molar-refractivity contribution is 6.51. The smallest absolute Gasteiger partial charge is 0.339 e.